The summed E-state index contributed by atoms with van der Waals surface area (Å²) in [5.74, 6) is 0.530. The van der Waals surface area contributed by atoms with Crippen LogP contribution in [0.25, 0.3) is 11.4 Å². The molecule has 78 valence electrons. The summed E-state index contributed by atoms with van der Waals surface area (Å²) in [6.45, 7) is 0. The van der Waals surface area contributed by atoms with Crippen LogP contribution in [0.5, 0.6) is 0 Å². The normalized spacial score (nSPS) is 11.9. The van der Waals surface area contributed by atoms with E-state index in [4.69, 9.17) is 0 Å². The van der Waals surface area contributed by atoms with Crippen molar-refractivity contribution >= 4 is 11.1 Å². The zero-order chi connectivity index (χ0) is 10.8. The van der Waals surface area contributed by atoms with E-state index < -0.39 is 11.1 Å². The van der Waals surface area contributed by atoms with Gasteiger partial charge in [-0.05, 0) is 33.6 Å². The molecule has 1 heterocycles. The summed E-state index contributed by atoms with van der Waals surface area (Å²) in [7, 11) is 1.69. The molecule has 0 N–H and O–H groups in total. The van der Waals surface area contributed by atoms with Crippen molar-refractivity contribution in [3.05, 3.63) is 24.3 Å². The molecule has 1 unspecified atom stereocenters. The molecule has 0 amide bonds. The van der Waals surface area contributed by atoms with Gasteiger partial charge in [0.05, 0.1) is 0 Å². The van der Waals surface area contributed by atoms with E-state index in [9.17, 15) is 8.76 Å². The van der Waals surface area contributed by atoms with Crippen LogP contribution in [-0.2, 0) is 18.1 Å². The Morgan fingerprint density at radius 1 is 1.44 bits per heavy atom. The molecular formula is C8H7N4NaO2S. The van der Waals surface area contributed by atoms with E-state index in [1.54, 1.807) is 19.2 Å². The minimum Gasteiger partial charge on any atom is -0.768 e. The van der Waals surface area contributed by atoms with Gasteiger partial charge in [-0.2, -0.15) is 0 Å². The van der Waals surface area contributed by atoms with Crippen LogP contribution in [0.1, 0.15) is 0 Å². The minimum atomic E-state index is -2.24. The second-order valence-electron chi connectivity index (χ2n) is 2.89. The number of benzene rings is 1. The maximum absolute atomic E-state index is 10.7. The van der Waals surface area contributed by atoms with Crippen molar-refractivity contribution in [1.82, 2.24) is 20.2 Å². The van der Waals surface area contributed by atoms with Gasteiger partial charge in [0.1, 0.15) is 0 Å². The Morgan fingerprint density at radius 2 is 2.19 bits per heavy atom. The Balaban J connectivity index is 0.00000128. The van der Waals surface area contributed by atoms with Crippen molar-refractivity contribution in [1.29, 1.82) is 0 Å². The van der Waals surface area contributed by atoms with E-state index in [-0.39, 0.29) is 34.5 Å². The number of nitrogens with zero attached hydrogens (tertiary/aromatic N) is 4. The largest absolute Gasteiger partial charge is 1.00 e. The Bertz CT molecular complexity index is 516. The van der Waals surface area contributed by atoms with Crippen LogP contribution in [0, 0.1) is 0 Å². The van der Waals surface area contributed by atoms with Gasteiger partial charge in [-0.15, -0.1) is 5.10 Å². The fraction of sp³-hybridized carbons (Fsp3) is 0.125. The summed E-state index contributed by atoms with van der Waals surface area (Å²) in [4.78, 5) is 0.218. The molecule has 1 aromatic carbocycles. The first-order valence-electron chi connectivity index (χ1n) is 4.10. The average molecular weight is 246 g/mol. The van der Waals surface area contributed by atoms with E-state index in [1.165, 1.54) is 16.8 Å². The molecule has 1 aromatic heterocycles. The van der Waals surface area contributed by atoms with Crippen LogP contribution >= 0.6 is 0 Å². The molecule has 6 nitrogen and oxygen atoms in total. The SMILES string of the molecule is Cn1nnnc1-c1cccc(S(=O)[O-])c1.[Na+]. The van der Waals surface area contributed by atoms with Crippen LogP contribution in [0.15, 0.2) is 29.2 Å². The molecule has 0 aliphatic rings. The Morgan fingerprint density at radius 3 is 2.75 bits per heavy atom. The molecule has 1 atom stereocenters. The maximum Gasteiger partial charge on any atom is 1.00 e. The second kappa shape index (κ2) is 5.65. The molecule has 0 bridgehead atoms. The first-order chi connectivity index (χ1) is 7.18. The summed E-state index contributed by atoms with van der Waals surface area (Å²) >= 11 is -2.24. The standard InChI is InChI=1S/C8H8N4O2S.Na/c1-12-8(9-10-11-12)6-3-2-4-7(5-6)15(13)14;/h2-5H,1H3,(H,13,14);/q;+1/p-1. The smallest absolute Gasteiger partial charge is 0.768 e. The van der Waals surface area contributed by atoms with Crippen molar-refractivity contribution in [2.75, 3.05) is 0 Å². The molecule has 2 aromatic rings. The molecule has 0 saturated heterocycles. The topological polar surface area (TPSA) is 83.7 Å². The van der Waals surface area contributed by atoms with Gasteiger partial charge in [-0.3, -0.25) is 4.21 Å². The van der Waals surface area contributed by atoms with E-state index >= 15 is 0 Å². The van der Waals surface area contributed by atoms with Crippen LogP contribution in [0.3, 0.4) is 0 Å². The van der Waals surface area contributed by atoms with Crippen molar-refractivity contribution in [2.45, 2.75) is 4.90 Å². The van der Waals surface area contributed by atoms with E-state index in [0.717, 1.165) is 0 Å². The van der Waals surface area contributed by atoms with Crippen molar-refractivity contribution in [3.63, 3.8) is 0 Å². The maximum atomic E-state index is 10.7. The van der Waals surface area contributed by atoms with Crippen LogP contribution in [0.4, 0.5) is 0 Å². The molecule has 8 heteroatoms. The number of aromatic nitrogens is 4. The third-order valence-electron chi connectivity index (χ3n) is 1.90. The molecule has 0 radical (unpaired) electrons. The summed E-state index contributed by atoms with van der Waals surface area (Å²) in [5, 5.41) is 10.9. The van der Waals surface area contributed by atoms with Gasteiger partial charge >= 0.3 is 29.6 Å². The number of hydrogen-bond acceptors (Lipinski definition) is 5. The Labute approximate surface area is 117 Å². The van der Waals surface area contributed by atoms with Crippen LogP contribution < -0.4 is 29.6 Å². The molecule has 0 saturated carbocycles. The number of hydrogen-bond donors (Lipinski definition) is 0. The molecule has 0 aliphatic heterocycles. The molecule has 0 spiro atoms. The molecule has 0 fully saturated rings. The molecular weight excluding hydrogens is 239 g/mol. The molecule has 16 heavy (non-hydrogen) atoms. The fourth-order valence-electron chi connectivity index (χ4n) is 1.21. The van der Waals surface area contributed by atoms with Crippen LogP contribution in [-0.4, -0.2) is 29.0 Å². The summed E-state index contributed by atoms with van der Waals surface area (Å²) in [5.41, 5.74) is 0.671. The molecule has 0 aliphatic carbocycles. The van der Waals surface area contributed by atoms with Gasteiger partial charge in [0.25, 0.3) is 0 Å². The Kier molecular flexibility index (Phi) is 4.75. The van der Waals surface area contributed by atoms with Gasteiger partial charge in [0.2, 0.25) is 0 Å². The van der Waals surface area contributed by atoms with Gasteiger partial charge in [-0.25, -0.2) is 4.68 Å². The van der Waals surface area contributed by atoms with E-state index in [2.05, 4.69) is 15.5 Å². The van der Waals surface area contributed by atoms with Gasteiger partial charge < -0.3 is 4.55 Å². The molecule has 2 rings (SSSR count). The predicted octanol–water partition coefficient (Wildman–Crippen LogP) is -2.88. The van der Waals surface area contributed by atoms with Crippen molar-refractivity contribution < 1.29 is 38.3 Å². The minimum absolute atomic E-state index is 0. The van der Waals surface area contributed by atoms with Gasteiger partial charge in [0.15, 0.2) is 5.82 Å². The predicted molar refractivity (Wildman–Crippen MR) is 51.4 cm³/mol. The zero-order valence-electron chi connectivity index (χ0n) is 8.82. The monoisotopic (exact) mass is 246 g/mol. The fourth-order valence-corrected chi connectivity index (χ4v) is 1.63. The van der Waals surface area contributed by atoms with E-state index in [1.807, 2.05) is 0 Å². The third-order valence-corrected chi connectivity index (χ3v) is 2.54. The number of rotatable bonds is 2. The van der Waals surface area contributed by atoms with Crippen molar-refractivity contribution in [3.8, 4) is 11.4 Å². The summed E-state index contributed by atoms with van der Waals surface area (Å²) < 4.78 is 23.0. The van der Waals surface area contributed by atoms with Crippen LogP contribution in [0.2, 0.25) is 0 Å². The zero-order valence-corrected chi connectivity index (χ0v) is 11.6. The second-order valence-corrected chi connectivity index (χ2v) is 3.83. The first-order valence-corrected chi connectivity index (χ1v) is 5.18. The Hall–Kier alpha value is -0.600. The number of aryl methyl sites for hydroxylation is 1. The summed E-state index contributed by atoms with van der Waals surface area (Å²) in [6, 6.07) is 6.43. The van der Waals surface area contributed by atoms with E-state index in [0.29, 0.717) is 11.4 Å². The third kappa shape index (κ3) is 2.74. The van der Waals surface area contributed by atoms with Crippen molar-refractivity contribution in [2.24, 2.45) is 7.05 Å². The number of tetrazole rings is 1. The first kappa shape index (κ1) is 13.5. The van der Waals surface area contributed by atoms with Gasteiger partial charge in [-0.1, -0.05) is 12.1 Å². The summed E-state index contributed by atoms with van der Waals surface area (Å²) in [6.07, 6.45) is 0. The quantitative estimate of drug-likeness (QED) is 0.420. The average Bonchev–Trinajstić information content (AvgIpc) is 2.64. The van der Waals surface area contributed by atoms with Gasteiger partial charge in [0, 0.05) is 17.5 Å².